The summed E-state index contributed by atoms with van der Waals surface area (Å²) in [4.78, 5) is 40.7. The highest BCUT2D eigenvalue weighted by molar-refractivity contribution is 6.33. The minimum atomic E-state index is -0.278. The predicted octanol–water partition coefficient (Wildman–Crippen LogP) is 3.77. The summed E-state index contributed by atoms with van der Waals surface area (Å²) >= 11 is 6.50. The van der Waals surface area contributed by atoms with E-state index in [9.17, 15) is 14.4 Å². The van der Waals surface area contributed by atoms with E-state index in [2.05, 4.69) is 0 Å². The Morgan fingerprint density at radius 1 is 1.00 bits per heavy atom. The molecule has 1 fully saturated rings. The van der Waals surface area contributed by atoms with Crippen molar-refractivity contribution in [3.63, 3.8) is 0 Å². The van der Waals surface area contributed by atoms with E-state index in [4.69, 9.17) is 11.6 Å². The lowest BCUT2D eigenvalue weighted by atomic mass is 9.99. The predicted molar refractivity (Wildman–Crippen MR) is 110 cm³/mol. The van der Waals surface area contributed by atoms with Gasteiger partial charge in [-0.05, 0) is 42.7 Å². The number of amides is 4. The molecule has 150 valence electrons. The second-order valence-corrected chi connectivity index (χ2v) is 8.21. The molecule has 0 aromatic heterocycles. The summed E-state index contributed by atoms with van der Waals surface area (Å²) in [5.41, 5.74) is 4.41. The lowest BCUT2D eigenvalue weighted by Gasteiger charge is -2.19. The number of fused-ring (bicyclic) bond motifs is 1. The Labute approximate surface area is 174 Å². The number of likely N-dealkylation sites (N-methyl/N-ethyl adjacent to an activating group) is 1. The fourth-order valence-corrected chi connectivity index (χ4v) is 4.06. The molecule has 2 aliphatic rings. The molecule has 6 nitrogen and oxygen atoms in total. The largest absolute Gasteiger partial charge is 0.332 e. The molecule has 7 heteroatoms. The normalized spacial score (nSPS) is 16.4. The van der Waals surface area contributed by atoms with Crippen LogP contribution in [-0.4, -0.2) is 52.2 Å². The van der Waals surface area contributed by atoms with Crippen molar-refractivity contribution < 1.29 is 14.4 Å². The molecule has 1 saturated heterocycles. The number of hydrogen-bond acceptors (Lipinski definition) is 3. The molecule has 4 rings (SSSR count). The fraction of sp³-hybridized carbons (Fsp3) is 0.318. The quantitative estimate of drug-likeness (QED) is 0.719. The molecule has 0 saturated carbocycles. The van der Waals surface area contributed by atoms with E-state index < -0.39 is 0 Å². The van der Waals surface area contributed by atoms with Crippen molar-refractivity contribution in [3.8, 4) is 11.1 Å². The molecule has 2 aromatic rings. The molecule has 0 spiro atoms. The zero-order chi connectivity index (χ0) is 20.9. The Morgan fingerprint density at radius 3 is 2.28 bits per heavy atom. The minimum absolute atomic E-state index is 0.0218. The van der Waals surface area contributed by atoms with E-state index in [0.717, 1.165) is 27.2 Å². The molecule has 4 amide bonds. The van der Waals surface area contributed by atoms with Gasteiger partial charge in [0.1, 0.15) is 6.54 Å². The summed E-state index contributed by atoms with van der Waals surface area (Å²) in [5.74, 6) is -0.171. The average Bonchev–Trinajstić information content (AvgIpc) is 3.13. The van der Waals surface area contributed by atoms with E-state index in [1.807, 2.05) is 49.1 Å². The van der Waals surface area contributed by atoms with E-state index in [1.165, 1.54) is 11.9 Å². The number of nitrogens with zero attached hydrogens (tertiary/aromatic N) is 3. The smallest absolute Gasteiger partial charge is 0.327 e. The molecule has 2 heterocycles. The number of hydrogen-bond donors (Lipinski definition) is 0. The summed E-state index contributed by atoms with van der Waals surface area (Å²) < 4.78 is 0. The standard InChI is InChI=1S/C22H22ClN3O3/c1-13(2)26-11-16-8-17(19(23)9-18(16)21(26)28)15-6-4-14(5-7-15)10-25-12-20(27)24(3)22(25)29/h4-9,13H,10-12H2,1-3H3. The van der Waals surface area contributed by atoms with Crippen LogP contribution in [0.2, 0.25) is 5.02 Å². The van der Waals surface area contributed by atoms with Crippen LogP contribution in [0.3, 0.4) is 0 Å². The SMILES string of the molecule is CC(C)N1Cc2cc(-c3ccc(CN4CC(=O)N(C)C4=O)cc3)c(Cl)cc2C1=O. The maximum atomic E-state index is 12.5. The topological polar surface area (TPSA) is 60.9 Å². The van der Waals surface area contributed by atoms with Crippen LogP contribution < -0.4 is 0 Å². The minimum Gasteiger partial charge on any atom is -0.332 e. The van der Waals surface area contributed by atoms with E-state index in [-0.39, 0.29) is 30.4 Å². The first-order valence-corrected chi connectivity index (χ1v) is 9.92. The van der Waals surface area contributed by atoms with Crippen molar-refractivity contribution in [2.75, 3.05) is 13.6 Å². The molecule has 0 bridgehead atoms. The molecule has 2 aromatic carbocycles. The molecule has 0 unspecified atom stereocenters. The summed E-state index contributed by atoms with van der Waals surface area (Å²) in [6, 6.07) is 11.4. The van der Waals surface area contributed by atoms with Gasteiger partial charge in [0.15, 0.2) is 0 Å². The third-order valence-electron chi connectivity index (χ3n) is 5.54. The lowest BCUT2D eigenvalue weighted by Crippen LogP contribution is -2.30. The van der Waals surface area contributed by atoms with Gasteiger partial charge in [0.25, 0.3) is 5.91 Å². The fourth-order valence-electron chi connectivity index (χ4n) is 3.79. The Hall–Kier alpha value is -2.86. The van der Waals surface area contributed by atoms with Gasteiger partial charge in [-0.25, -0.2) is 4.79 Å². The van der Waals surface area contributed by atoms with Gasteiger partial charge in [-0.2, -0.15) is 0 Å². The molecular formula is C22H22ClN3O3. The molecule has 0 aliphatic carbocycles. The molecule has 0 radical (unpaired) electrons. The van der Waals surface area contributed by atoms with E-state index in [1.54, 1.807) is 6.07 Å². The number of urea groups is 1. The first kappa shape index (κ1) is 19.5. The third-order valence-corrected chi connectivity index (χ3v) is 5.86. The van der Waals surface area contributed by atoms with Gasteiger partial charge in [-0.1, -0.05) is 35.9 Å². The summed E-state index contributed by atoms with van der Waals surface area (Å²) in [7, 11) is 1.49. The van der Waals surface area contributed by atoms with Crippen LogP contribution in [0, 0.1) is 0 Å². The number of halogens is 1. The highest BCUT2D eigenvalue weighted by Gasteiger charge is 2.33. The van der Waals surface area contributed by atoms with Crippen molar-refractivity contribution in [3.05, 3.63) is 58.1 Å². The number of rotatable bonds is 4. The zero-order valence-electron chi connectivity index (χ0n) is 16.6. The van der Waals surface area contributed by atoms with Crippen LogP contribution in [0.5, 0.6) is 0 Å². The molecule has 2 aliphatic heterocycles. The Morgan fingerprint density at radius 2 is 1.69 bits per heavy atom. The van der Waals surface area contributed by atoms with Crippen LogP contribution in [0.4, 0.5) is 4.79 Å². The number of benzene rings is 2. The van der Waals surface area contributed by atoms with Crippen molar-refractivity contribution in [1.82, 2.24) is 14.7 Å². The van der Waals surface area contributed by atoms with Gasteiger partial charge in [-0.3, -0.25) is 14.5 Å². The zero-order valence-corrected chi connectivity index (χ0v) is 17.4. The number of imide groups is 1. The van der Waals surface area contributed by atoms with Gasteiger partial charge in [-0.15, -0.1) is 0 Å². The lowest BCUT2D eigenvalue weighted by molar-refractivity contribution is -0.124. The van der Waals surface area contributed by atoms with Gasteiger partial charge in [0.2, 0.25) is 5.91 Å². The summed E-state index contributed by atoms with van der Waals surface area (Å²) in [6.07, 6.45) is 0. The molecular weight excluding hydrogens is 390 g/mol. The van der Waals surface area contributed by atoms with Gasteiger partial charge in [0.05, 0.1) is 0 Å². The first-order chi connectivity index (χ1) is 13.8. The van der Waals surface area contributed by atoms with Crippen LogP contribution in [0.1, 0.15) is 35.3 Å². The first-order valence-electron chi connectivity index (χ1n) is 9.54. The van der Waals surface area contributed by atoms with Crippen LogP contribution in [0.15, 0.2) is 36.4 Å². The molecule has 0 atom stereocenters. The second kappa shape index (κ2) is 7.19. The van der Waals surface area contributed by atoms with E-state index >= 15 is 0 Å². The second-order valence-electron chi connectivity index (χ2n) is 7.80. The van der Waals surface area contributed by atoms with Crippen LogP contribution in [-0.2, 0) is 17.9 Å². The maximum absolute atomic E-state index is 12.5. The van der Waals surface area contributed by atoms with Gasteiger partial charge in [0, 0.05) is 42.3 Å². The van der Waals surface area contributed by atoms with Crippen molar-refractivity contribution in [1.29, 1.82) is 0 Å². The average molecular weight is 412 g/mol. The molecule has 0 N–H and O–H groups in total. The van der Waals surface area contributed by atoms with Crippen LogP contribution >= 0.6 is 11.6 Å². The summed E-state index contributed by atoms with van der Waals surface area (Å²) in [5, 5.41) is 0.539. The van der Waals surface area contributed by atoms with Gasteiger partial charge >= 0.3 is 6.03 Å². The number of carbonyl (C=O) groups is 3. The van der Waals surface area contributed by atoms with Gasteiger partial charge < -0.3 is 9.80 Å². The highest BCUT2D eigenvalue weighted by atomic mass is 35.5. The highest BCUT2D eigenvalue weighted by Crippen LogP contribution is 2.35. The van der Waals surface area contributed by atoms with Crippen LogP contribution in [0.25, 0.3) is 11.1 Å². The van der Waals surface area contributed by atoms with Crippen molar-refractivity contribution in [2.24, 2.45) is 0 Å². The third kappa shape index (κ3) is 3.38. The summed E-state index contributed by atoms with van der Waals surface area (Å²) in [6.45, 7) is 5.08. The monoisotopic (exact) mass is 411 g/mol. The number of carbonyl (C=O) groups excluding carboxylic acids is 3. The molecule has 29 heavy (non-hydrogen) atoms. The van der Waals surface area contributed by atoms with Crippen molar-refractivity contribution in [2.45, 2.75) is 33.0 Å². The Bertz CT molecular complexity index is 1020. The Balaban J connectivity index is 1.56. The maximum Gasteiger partial charge on any atom is 0.327 e. The van der Waals surface area contributed by atoms with E-state index in [0.29, 0.717) is 23.7 Å². The van der Waals surface area contributed by atoms with Crippen molar-refractivity contribution >= 4 is 29.4 Å². The Kier molecular flexibility index (Phi) is 4.82.